The van der Waals surface area contributed by atoms with Crippen LogP contribution < -0.4 is 5.32 Å². The first-order valence-corrected chi connectivity index (χ1v) is 4.88. The molecule has 1 atom stereocenters. The molecule has 0 aromatic heterocycles. The number of Topliss-reactive ketones (excluding diaryl/α,β-unsaturated/α-hetero) is 2. The maximum absolute atomic E-state index is 11.5. The zero-order valence-corrected chi connectivity index (χ0v) is 9.08. The van der Waals surface area contributed by atoms with Crippen LogP contribution in [0.3, 0.4) is 0 Å². The van der Waals surface area contributed by atoms with Crippen LogP contribution in [0.5, 0.6) is 0 Å². The van der Waals surface area contributed by atoms with Crippen molar-refractivity contribution < 1.29 is 19.5 Å². The van der Waals surface area contributed by atoms with E-state index in [0.29, 0.717) is 0 Å². The Hall–Kier alpha value is -1.23. The molecule has 0 aliphatic rings. The number of rotatable bonds is 8. The predicted octanol–water partition coefficient (Wildman–Crippen LogP) is 0.377. The van der Waals surface area contributed by atoms with E-state index in [1.165, 1.54) is 6.92 Å². The molecule has 5 nitrogen and oxygen atoms in total. The van der Waals surface area contributed by atoms with E-state index in [-0.39, 0.29) is 37.2 Å². The maximum Gasteiger partial charge on any atom is 0.303 e. The molecule has 0 unspecified atom stereocenters. The second-order valence-corrected chi connectivity index (χ2v) is 3.44. The monoisotopic (exact) mass is 215 g/mol. The van der Waals surface area contributed by atoms with E-state index >= 15 is 0 Å². The molecule has 0 radical (unpaired) electrons. The van der Waals surface area contributed by atoms with E-state index in [1.807, 2.05) is 0 Å². The molecule has 0 aliphatic carbocycles. The van der Waals surface area contributed by atoms with Gasteiger partial charge < -0.3 is 15.2 Å². The molecule has 86 valence electrons. The molecule has 0 aromatic carbocycles. The summed E-state index contributed by atoms with van der Waals surface area (Å²) in [4.78, 5) is 32.5. The third-order valence-electron chi connectivity index (χ3n) is 2.11. The van der Waals surface area contributed by atoms with Crippen LogP contribution in [0.25, 0.3) is 0 Å². The molecular formula is C10H17NO4. The summed E-state index contributed by atoms with van der Waals surface area (Å²) < 4.78 is 0. The third-order valence-corrected chi connectivity index (χ3v) is 2.11. The van der Waals surface area contributed by atoms with Gasteiger partial charge in [0.2, 0.25) is 0 Å². The van der Waals surface area contributed by atoms with E-state index in [2.05, 4.69) is 5.32 Å². The van der Waals surface area contributed by atoms with Crippen LogP contribution in [0.15, 0.2) is 0 Å². The molecule has 0 aromatic rings. The van der Waals surface area contributed by atoms with E-state index in [0.717, 1.165) is 0 Å². The lowest BCUT2D eigenvalue weighted by molar-refractivity contribution is -0.137. The summed E-state index contributed by atoms with van der Waals surface area (Å²) in [6.07, 6.45) is 0.629. The third kappa shape index (κ3) is 6.79. The molecule has 0 spiro atoms. The van der Waals surface area contributed by atoms with Gasteiger partial charge in [0.1, 0.15) is 11.6 Å². The number of carboxylic acids is 1. The zero-order chi connectivity index (χ0) is 11.8. The molecule has 15 heavy (non-hydrogen) atoms. The highest BCUT2D eigenvalue weighted by molar-refractivity contribution is 5.88. The van der Waals surface area contributed by atoms with Crippen molar-refractivity contribution in [1.82, 2.24) is 5.32 Å². The first-order valence-electron chi connectivity index (χ1n) is 4.88. The minimum Gasteiger partial charge on any atom is -0.481 e. The van der Waals surface area contributed by atoms with Gasteiger partial charge in [-0.2, -0.15) is 0 Å². The first kappa shape index (κ1) is 13.8. The minimum absolute atomic E-state index is 0.0311. The number of likely N-dealkylation sites (N-methyl/N-ethyl adjacent to an activating group) is 1. The molecule has 5 heteroatoms. The number of carbonyl (C=O) groups is 3. The van der Waals surface area contributed by atoms with Gasteiger partial charge in [0.05, 0.1) is 6.04 Å². The smallest absolute Gasteiger partial charge is 0.303 e. The Morgan fingerprint density at radius 2 is 1.80 bits per heavy atom. The number of aliphatic carboxylic acids is 1. The van der Waals surface area contributed by atoms with Crippen LogP contribution in [-0.2, 0) is 14.4 Å². The number of carboxylic acid groups (broad SMARTS) is 1. The highest BCUT2D eigenvalue weighted by atomic mass is 16.4. The van der Waals surface area contributed by atoms with Crippen LogP contribution in [0.2, 0.25) is 0 Å². The number of nitrogens with one attached hydrogen (secondary N) is 1. The SMILES string of the molecule is CN[C@H](CCC(=O)O)C(=O)CCC(C)=O. The highest BCUT2D eigenvalue weighted by Crippen LogP contribution is 2.03. The Bertz CT molecular complexity index is 250. The van der Waals surface area contributed by atoms with E-state index in [9.17, 15) is 14.4 Å². The summed E-state index contributed by atoms with van der Waals surface area (Å²) in [6.45, 7) is 1.43. The van der Waals surface area contributed by atoms with Gasteiger partial charge in [0.25, 0.3) is 0 Å². The van der Waals surface area contributed by atoms with Gasteiger partial charge in [-0.1, -0.05) is 0 Å². The summed E-state index contributed by atoms with van der Waals surface area (Å²) in [6, 6.07) is -0.458. The Morgan fingerprint density at radius 1 is 1.20 bits per heavy atom. The molecule has 0 heterocycles. The van der Waals surface area contributed by atoms with Crippen LogP contribution in [0.1, 0.15) is 32.6 Å². The van der Waals surface area contributed by atoms with Crippen molar-refractivity contribution in [3.63, 3.8) is 0 Å². The van der Waals surface area contributed by atoms with Crippen molar-refractivity contribution in [2.45, 2.75) is 38.6 Å². The topological polar surface area (TPSA) is 83.5 Å². The summed E-state index contributed by atoms with van der Waals surface area (Å²) in [5.41, 5.74) is 0. The fraction of sp³-hybridized carbons (Fsp3) is 0.700. The summed E-state index contributed by atoms with van der Waals surface area (Å²) in [7, 11) is 1.61. The van der Waals surface area contributed by atoms with Crippen LogP contribution in [0, 0.1) is 0 Å². The number of hydrogen-bond acceptors (Lipinski definition) is 4. The largest absolute Gasteiger partial charge is 0.481 e. The van der Waals surface area contributed by atoms with Gasteiger partial charge in [0.15, 0.2) is 0 Å². The highest BCUT2D eigenvalue weighted by Gasteiger charge is 2.17. The van der Waals surface area contributed by atoms with E-state index in [1.54, 1.807) is 7.05 Å². The van der Waals surface area contributed by atoms with Gasteiger partial charge in [-0.25, -0.2) is 0 Å². The zero-order valence-electron chi connectivity index (χ0n) is 9.08. The first-order chi connectivity index (χ1) is 6.97. The molecule has 0 rings (SSSR count). The molecule has 0 saturated heterocycles. The van der Waals surface area contributed by atoms with E-state index in [4.69, 9.17) is 5.11 Å². The summed E-state index contributed by atoms with van der Waals surface area (Å²) in [5.74, 6) is -1.06. The van der Waals surface area contributed by atoms with Crippen molar-refractivity contribution in [1.29, 1.82) is 0 Å². The fourth-order valence-corrected chi connectivity index (χ4v) is 1.21. The van der Waals surface area contributed by atoms with Gasteiger partial charge >= 0.3 is 5.97 Å². The lowest BCUT2D eigenvalue weighted by atomic mass is 10.0. The Labute approximate surface area is 88.9 Å². The molecule has 0 amide bonds. The number of carbonyl (C=O) groups excluding carboxylic acids is 2. The van der Waals surface area contributed by atoms with Crippen LogP contribution in [0.4, 0.5) is 0 Å². The molecule has 0 fully saturated rings. The molecule has 2 N–H and O–H groups in total. The normalized spacial score (nSPS) is 12.1. The van der Waals surface area contributed by atoms with Crippen LogP contribution >= 0.6 is 0 Å². The minimum atomic E-state index is -0.922. The van der Waals surface area contributed by atoms with Gasteiger partial charge in [-0.05, 0) is 20.4 Å². The van der Waals surface area contributed by atoms with Crippen molar-refractivity contribution in [3.8, 4) is 0 Å². The lowest BCUT2D eigenvalue weighted by Crippen LogP contribution is -2.34. The van der Waals surface area contributed by atoms with Crippen molar-refractivity contribution in [2.24, 2.45) is 0 Å². The Morgan fingerprint density at radius 3 is 2.20 bits per heavy atom. The molecular weight excluding hydrogens is 198 g/mol. The summed E-state index contributed by atoms with van der Waals surface area (Å²) >= 11 is 0. The Kier molecular flexibility index (Phi) is 6.53. The van der Waals surface area contributed by atoms with Gasteiger partial charge in [-0.3, -0.25) is 9.59 Å². The lowest BCUT2D eigenvalue weighted by Gasteiger charge is -2.12. The van der Waals surface area contributed by atoms with Crippen molar-refractivity contribution >= 4 is 17.5 Å². The van der Waals surface area contributed by atoms with Crippen molar-refractivity contribution in [3.05, 3.63) is 0 Å². The second kappa shape index (κ2) is 7.11. The number of hydrogen-bond donors (Lipinski definition) is 2. The number of ketones is 2. The Balaban J connectivity index is 3.98. The predicted molar refractivity (Wildman–Crippen MR) is 54.6 cm³/mol. The van der Waals surface area contributed by atoms with Gasteiger partial charge in [-0.15, -0.1) is 0 Å². The second-order valence-electron chi connectivity index (χ2n) is 3.44. The average molecular weight is 215 g/mol. The summed E-state index contributed by atoms with van der Waals surface area (Å²) in [5, 5.41) is 11.2. The molecule has 0 saturated carbocycles. The molecule has 0 aliphatic heterocycles. The van der Waals surface area contributed by atoms with Crippen molar-refractivity contribution in [2.75, 3.05) is 7.05 Å². The van der Waals surface area contributed by atoms with E-state index < -0.39 is 12.0 Å². The standard InChI is InChI=1S/C10H17NO4/c1-7(12)3-5-9(13)8(11-2)4-6-10(14)15/h8,11H,3-6H2,1-2H3,(H,14,15)/t8-/m1/s1. The van der Waals surface area contributed by atoms with Gasteiger partial charge in [0, 0.05) is 19.3 Å². The molecule has 0 bridgehead atoms. The quantitative estimate of drug-likeness (QED) is 0.611. The van der Waals surface area contributed by atoms with Crippen LogP contribution in [-0.4, -0.2) is 35.7 Å². The fourth-order valence-electron chi connectivity index (χ4n) is 1.21. The average Bonchev–Trinajstić information content (AvgIpc) is 2.15. The maximum atomic E-state index is 11.5.